The molecule has 2 N–H and O–H groups in total. The summed E-state index contributed by atoms with van der Waals surface area (Å²) in [5, 5.41) is 7.23. The first-order valence-corrected chi connectivity index (χ1v) is 6.86. The van der Waals surface area contributed by atoms with Crippen molar-refractivity contribution in [1.82, 2.24) is 10.6 Å². The molecule has 0 bridgehead atoms. The van der Waals surface area contributed by atoms with Gasteiger partial charge in [-0.05, 0) is 44.1 Å². The molecule has 94 valence electrons. The summed E-state index contributed by atoms with van der Waals surface area (Å²) in [5.74, 6) is 0. The maximum atomic E-state index is 5.48. The average Bonchev–Trinajstić information content (AvgIpc) is 2.39. The minimum Gasteiger partial charge on any atom is -0.381 e. The van der Waals surface area contributed by atoms with E-state index in [9.17, 15) is 0 Å². The number of nitrogens with one attached hydrogen (secondary N) is 2. The van der Waals surface area contributed by atoms with Crippen LogP contribution in [-0.2, 0) is 4.74 Å². The molecule has 2 fully saturated rings. The van der Waals surface area contributed by atoms with E-state index in [1.807, 2.05) is 0 Å². The number of piperidine rings is 1. The van der Waals surface area contributed by atoms with Crippen molar-refractivity contribution in [2.75, 3.05) is 32.8 Å². The van der Waals surface area contributed by atoms with E-state index in [0.29, 0.717) is 11.5 Å². The molecule has 2 aliphatic heterocycles. The van der Waals surface area contributed by atoms with Gasteiger partial charge in [0.25, 0.3) is 0 Å². The lowest BCUT2D eigenvalue weighted by atomic mass is 9.77. The highest BCUT2D eigenvalue weighted by molar-refractivity contribution is 4.85. The SMILES string of the molecule is CCC1(CNC2CCCNC2)CCOCC1. The van der Waals surface area contributed by atoms with Gasteiger partial charge in [0, 0.05) is 32.3 Å². The molecule has 2 heterocycles. The Bertz CT molecular complexity index is 196. The van der Waals surface area contributed by atoms with Crippen molar-refractivity contribution in [2.24, 2.45) is 5.41 Å². The molecule has 2 aliphatic rings. The molecule has 0 aromatic rings. The van der Waals surface area contributed by atoms with Crippen LogP contribution in [0.4, 0.5) is 0 Å². The van der Waals surface area contributed by atoms with Gasteiger partial charge in [-0.1, -0.05) is 6.92 Å². The van der Waals surface area contributed by atoms with Crippen LogP contribution in [0.15, 0.2) is 0 Å². The lowest BCUT2D eigenvalue weighted by Crippen LogP contribution is -2.48. The summed E-state index contributed by atoms with van der Waals surface area (Å²) in [7, 11) is 0. The van der Waals surface area contributed by atoms with E-state index >= 15 is 0 Å². The number of rotatable bonds is 4. The Hall–Kier alpha value is -0.120. The predicted molar refractivity (Wildman–Crippen MR) is 66.7 cm³/mol. The standard InChI is InChI=1S/C13H26N2O/c1-2-13(5-8-16-9-6-13)11-15-12-4-3-7-14-10-12/h12,14-15H,2-11H2,1H3. The fourth-order valence-corrected chi connectivity index (χ4v) is 2.85. The van der Waals surface area contributed by atoms with Crippen molar-refractivity contribution in [3.8, 4) is 0 Å². The summed E-state index contributed by atoms with van der Waals surface area (Å²) in [6.45, 7) is 7.77. The second-order valence-electron chi connectivity index (χ2n) is 5.39. The number of hydrogen-bond donors (Lipinski definition) is 2. The first-order chi connectivity index (χ1) is 7.85. The zero-order chi connectivity index (χ0) is 11.3. The van der Waals surface area contributed by atoms with Crippen molar-refractivity contribution >= 4 is 0 Å². The molecule has 0 saturated carbocycles. The fraction of sp³-hybridized carbons (Fsp3) is 1.00. The molecule has 0 spiro atoms. The maximum Gasteiger partial charge on any atom is 0.0471 e. The third kappa shape index (κ3) is 3.19. The highest BCUT2D eigenvalue weighted by Crippen LogP contribution is 2.33. The molecule has 2 rings (SSSR count). The summed E-state index contributed by atoms with van der Waals surface area (Å²) < 4.78 is 5.48. The van der Waals surface area contributed by atoms with E-state index in [2.05, 4.69) is 17.6 Å². The molecule has 1 unspecified atom stereocenters. The lowest BCUT2D eigenvalue weighted by Gasteiger charge is -2.38. The van der Waals surface area contributed by atoms with Crippen LogP contribution in [0.2, 0.25) is 0 Å². The van der Waals surface area contributed by atoms with Gasteiger partial charge in [0.1, 0.15) is 0 Å². The van der Waals surface area contributed by atoms with E-state index < -0.39 is 0 Å². The van der Waals surface area contributed by atoms with Crippen molar-refractivity contribution in [3.05, 3.63) is 0 Å². The molecule has 0 aliphatic carbocycles. The lowest BCUT2D eigenvalue weighted by molar-refractivity contribution is 0.0112. The highest BCUT2D eigenvalue weighted by Gasteiger charge is 2.31. The van der Waals surface area contributed by atoms with Gasteiger partial charge in [-0.15, -0.1) is 0 Å². The second-order valence-corrected chi connectivity index (χ2v) is 5.39. The largest absolute Gasteiger partial charge is 0.381 e. The molecule has 16 heavy (non-hydrogen) atoms. The van der Waals surface area contributed by atoms with Crippen LogP contribution in [0.25, 0.3) is 0 Å². The van der Waals surface area contributed by atoms with Crippen LogP contribution in [-0.4, -0.2) is 38.9 Å². The van der Waals surface area contributed by atoms with Gasteiger partial charge >= 0.3 is 0 Å². The van der Waals surface area contributed by atoms with Gasteiger partial charge in [-0.2, -0.15) is 0 Å². The minimum absolute atomic E-state index is 0.510. The van der Waals surface area contributed by atoms with E-state index in [1.54, 1.807) is 0 Å². The Kier molecular flexibility index (Phi) is 4.62. The van der Waals surface area contributed by atoms with E-state index in [0.717, 1.165) is 19.8 Å². The molecule has 0 radical (unpaired) electrons. The second kappa shape index (κ2) is 5.99. The smallest absolute Gasteiger partial charge is 0.0471 e. The van der Waals surface area contributed by atoms with Crippen LogP contribution >= 0.6 is 0 Å². The van der Waals surface area contributed by atoms with E-state index in [4.69, 9.17) is 4.74 Å². The monoisotopic (exact) mass is 226 g/mol. The quantitative estimate of drug-likeness (QED) is 0.763. The molecule has 2 saturated heterocycles. The Morgan fingerprint density at radius 1 is 1.38 bits per heavy atom. The van der Waals surface area contributed by atoms with Gasteiger partial charge in [0.15, 0.2) is 0 Å². The molecule has 1 atom stereocenters. The Balaban J connectivity index is 1.77. The highest BCUT2D eigenvalue weighted by atomic mass is 16.5. The Morgan fingerprint density at radius 3 is 2.81 bits per heavy atom. The van der Waals surface area contributed by atoms with Gasteiger partial charge < -0.3 is 15.4 Å². The van der Waals surface area contributed by atoms with Gasteiger partial charge in [-0.25, -0.2) is 0 Å². The van der Waals surface area contributed by atoms with Crippen LogP contribution < -0.4 is 10.6 Å². The summed E-state index contributed by atoms with van der Waals surface area (Å²) in [5.41, 5.74) is 0.510. The number of hydrogen-bond acceptors (Lipinski definition) is 3. The molecular weight excluding hydrogens is 200 g/mol. The molecule has 0 amide bonds. The van der Waals surface area contributed by atoms with E-state index in [1.165, 1.54) is 45.2 Å². The molecule has 0 aromatic heterocycles. The van der Waals surface area contributed by atoms with Crippen LogP contribution in [0.5, 0.6) is 0 Å². The fourth-order valence-electron chi connectivity index (χ4n) is 2.85. The van der Waals surface area contributed by atoms with Crippen molar-refractivity contribution in [1.29, 1.82) is 0 Å². The molecular formula is C13H26N2O. The van der Waals surface area contributed by atoms with Crippen LogP contribution in [0, 0.1) is 5.41 Å². The zero-order valence-corrected chi connectivity index (χ0v) is 10.6. The number of ether oxygens (including phenoxy) is 1. The van der Waals surface area contributed by atoms with Crippen molar-refractivity contribution in [3.63, 3.8) is 0 Å². The summed E-state index contributed by atoms with van der Waals surface area (Å²) in [6, 6.07) is 0.694. The summed E-state index contributed by atoms with van der Waals surface area (Å²) in [6.07, 6.45) is 6.40. The summed E-state index contributed by atoms with van der Waals surface area (Å²) >= 11 is 0. The Morgan fingerprint density at radius 2 is 2.19 bits per heavy atom. The summed E-state index contributed by atoms with van der Waals surface area (Å²) in [4.78, 5) is 0. The van der Waals surface area contributed by atoms with Gasteiger partial charge in [0.05, 0.1) is 0 Å². The van der Waals surface area contributed by atoms with Crippen LogP contribution in [0.1, 0.15) is 39.0 Å². The average molecular weight is 226 g/mol. The predicted octanol–water partition coefficient (Wildman–Crippen LogP) is 1.53. The van der Waals surface area contributed by atoms with Crippen molar-refractivity contribution < 1.29 is 4.74 Å². The first kappa shape index (κ1) is 12.3. The minimum atomic E-state index is 0.510. The van der Waals surface area contributed by atoms with Gasteiger partial charge in [0.2, 0.25) is 0 Å². The molecule has 3 heteroatoms. The van der Waals surface area contributed by atoms with E-state index in [-0.39, 0.29) is 0 Å². The maximum absolute atomic E-state index is 5.48. The normalized spacial score (nSPS) is 30.2. The third-order valence-electron chi connectivity index (χ3n) is 4.37. The molecule has 3 nitrogen and oxygen atoms in total. The zero-order valence-electron chi connectivity index (χ0n) is 10.6. The van der Waals surface area contributed by atoms with Crippen LogP contribution in [0.3, 0.4) is 0 Å². The molecule has 0 aromatic carbocycles. The first-order valence-electron chi connectivity index (χ1n) is 6.86. The topological polar surface area (TPSA) is 33.3 Å². The van der Waals surface area contributed by atoms with Gasteiger partial charge in [-0.3, -0.25) is 0 Å². The Labute approximate surface area is 99.3 Å². The van der Waals surface area contributed by atoms with Crippen molar-refractivity contribution in [2.45, 2.75) is 45.1 Å². The third-order valence-corrected chi connectivity index (χ3v) is 4.37.